The van der Waals surface area contributed by atoms with E-state index in [0.29, 0.717) is 5.82 Å². The summed E-state index contributed by atoms with van der Waals surface area (Å²) in [5.41, 5.74) is 7.80. The summed E-state index contributed by atoms with van der Waals surface area (Å²) in [5.74, 6) is 0.569. The summed E-state index contributed by atoms with van der Waals surface area (Å²) < 4.78 is 0. The molecule has 3 N–H and O–H groups in total. The Bertz CT molecular complexity index is 451. The first kappa shape index (κ1) is 8.97. The molecule has 0 atom stereocenters. The SMILES string of the molecule is CNCc1ccc2ccc(N)nc2c1. The average molecular weight is 187 g/mol. The van der Waals surface area contributed by atoms with Crippen molar-refractivity contribution in [3.63, 3.8) is 0 Å². The largest absolute Gasteiger partial charge is 0.384 e. The van der Waals surface area contributed by atoms with Gasteiger partial charge in [0.1, 0.15) is 5.82 Å². The monoisotopic (exact) mass is 187 g/mol. The molecule has 0 saturated heterocycles. The van der Waals surface area contributed by atoms with Crippen molar-refractivity contribution in [1.82, 2.24) is 10.3 Å². The van der Waals surface area contributed by atoms with E-state index in [1.165, 1.54) is 5.56 Å². The van der Waals surface area contributed by atoms with E-state index in [1.807, 2.05) is 19.2 Å². The van der Waals surface area contributed by atoms with Gasteiger partial charge in [0.05, 0.1) is 5.52 Å². The lowest BCUT2D eigenvalue weighted by Gasteiger charge is -2.02. The minimum atomic E-state index is 0.569. The number of fused-ring (bicyclic) bond motifs is 1. The molecule has 3 heteroatoms. The highest BCUT2D eigenvalue weighted by atomic mass is 14.8. The molecule has 0 aliphatic carbocycles. The molecule has 2 rings (SSSR count). The molecule has 0 saturated carbocycles. The predicted octanol–water partition coefficient (Wildman–Crippen LogP) is 1.54. The second kappa shape index (κ2) is 3.64. The smallest absolute Gasteiger partial charge is 0.124 e. The normalized spacial score (nSPS) is 10.6. The van der Waals surface area contributed by atoms with Gasteiger partial charge in [-0.05, 0) is 30.8 Å². The summed E-state index contributed by atoms with van der Waals surface area (Å²) in [6.45, 7) is 0.854. The van der Waals surface area contributed by atoms with Crippen molar-refractivity contribution < 1.29 is 0 Å². The van der Waals surface area contributed by atoms with Crippen LogP contribution in [0.1, 0.15) is 5.56 Å². The number of hydrogen-bond acceptors (Lipinski definition) is 3. The molecule has 0 fully saturated rings. The zero-order valence-corrected chi connectivity index (χ0v) is 8.12. The maximum absolute atomic E-state index is 5.62. The van der Waals surface area contributed by atoms with Gasteiger partial charge in [0.15, 0.2) is 0 Å². The van der Waals surface area contributed by atoms with Gasteiger partial charge in [0.25, 0.3) is 0 Å². The maximum Gasteiger partial charge on any atom is 0.124 e. The molecule has 3 nitrogen and oxygen atoms in total. The fourth-order valence-electron chi connectivity index (χ4n) is 1.49. The molecule has 0 bridgehead atoms. The van der Waals surface area contributed by atoms with Crippen LogP contribution in [0, 0.1) is 0 Å². The summed E-state index contributed by atoms with van der Waals surface area (Å²) in [6.07, 6.45) is 0. The first-order chi connectivity index (χ1) is 6.79. The van der Waals surface area contributed by atoms with Crippen molar-refractivity contribution >= 4 is 16.7 Å². The third-order valence-electron chi connectivity index (χ3n) is 2.16. The highest BCUT2D eigenvalue weighted by Crippen LogP contribution is 2.15. The molecule has 0 spiro atoms. The topological polar surface area (TPSA) is 50.9 Å². The second-order valence-corrected chi connectivity index (χ2v) is 3.29. The van der Waals surface area contributed by atoms with Gasteiger partial charge in [0.2, 0.25) is 0 Å². The lowest BCUT2D eigenvalue weighted by Crippen LogP contribution is -2.04. The van der Waals surface area contributed by atoms with E-state index in [0.717, 1.165) is 17.4 Å². The zero-order valence-electron chi connectivity index (χ0n) is 8.12. The van der Waals surface area contributed by atoms with Crippen LogP contribution in [0.15, 0.2) is 30.3 Å². The van der Waals surface area contributed by atoms with Crippen molar-refractivity contribution in [3.8, 4) is 0 Å². The Morgan fingerprint density at radius 1 is 1.29 bits per heavy atom. The molecule has 1 heterocycles. The molecular weight excluding hydrogens is 174 g/mol. The van der Waals surface area contributed by atoms with Crippen LogP contribution in [0.25, 0.3) is 10.9 Å². The molecule has 0 radical (unpaired) electrons. The maximum atomic E-state index is 5.62. The summed E-state index contributed by atoms with van der Waals surface area (Å²) in [4.78, 5) is 4.27. The van der Waals surface area contributed by atoms with E-state index in [2.05, 4.69) is 28.5 Å². The molecule has 72 valence electrons. The van der Waals surface area contributed by atoms with Gasteiger partial charge in [0, 0.05) is 11.9 Å². The fraction of sp³-hybridized carbons (Fsp3) is 0.182. The van der Waals surface area contributed by atoms with Gasteiger partial charge in [-0.2, -0.15) is 0 Å². The number of benzene rings is 1. The van der Waals surface area contributed by atoms with Gasteiger partial charge in [-0.25, -0.2) is 4.98 Å². The van der Waals surface area contributed by atoms with Crippen LogP contribution in [0.3, 0.4) is 0 Å². The number of aromatic nitrogens is 1. The third-order valence-corrected chi connectivity index (χ3v) is 2.16. The van der Waals surface area contributed by atoms with Crippen LogP contribution in [0.2, 0.25) is 0 Å². The molecule has 0 aliphatic heterocycles. The Morgan fingerprint density at radius 3 is 2.86 bits per heavy atom. The van der Waals surface area contributed by atoms with Crippen LogP contribution in [-0.2, 0) is 6.54 Å². The second-order valence-electron chi connectivity index (χ2n) is 3.29. The van der Waals surface area contributed by atoms with E-state index in [9.17, 15) is 0 Å². The summed E-state index contributed by atoms with van der Waals surface area (Å²) in [6, 6.07) is 10.0. The van der Waals surface area contributed by atoms with Crippen molar-refractivity contribution in [3.05, 3.63) is 35.9 Å². The lowest BCUT2D eigenvalue weighted by molar-refractivity contribution is 0.819. The van der Waals surface area contributed by atoms with Crippen molar-refractivity contribution in [2.75, 3.05) is 12.8 Å². The van der Waals surface area contributed by atoms with Gasteiger partial charge in [-0.3, -0.25) is 0 Å². The molecule has 0 aliphatic rings. The van der Waals surface area contributed by atoms with Crippen LogP contribution < -0.4 is 11.1 Å². The first-order valence-electron chi connectivity index (χ1n) is 4.59. The van der Waals surface area contributed by atoms with E-state index in [-0.39, 0.29) is 0 Å². The third kappa shape index (κ3) is 1.67. The first-order valence-corrected chi connectivity index (χ1v) is 4.59. The van der Waals surface area contributed by atoms with Crippen LogP contribution in [0.4, 0.5) is 5.82 Å². The van der Waals surface area contributed by atoms with Crippen molar-refractivity contribution in [1.29, 1.82) is 0 Å². The quantitative estimate of drug-likeness (QED) is 0.749. The van der Waals surface area contributed by atoms with E-state index < -0.39 is 0 Å². The Balaban J connectivity index is 2.52. The van der Waals surface area contributed by atoms with Gasteiger partial charge < -0.3 is 11.1 Å². The number of nitrogens with two attached hydrogens (primary N) is 1. The highest BCUT2D eigenvalue weighted by Gasteiger charge is 1.97. The molecule has 0 amide bonds. The lowest BCUT2D eigenvalue weighted by atomic mass is 10.1. The molecular formula is C11H13N3. The minimum absolute atomic E-state index is 0.569. The van der Waals surface area contributed by atoms with E-state index >= 15 is 0 Å². The standard InChI is InChI=1S/C11H13N3/c1-13-7-8-2-3-9-4-5-11(12)14-10(9)6-8/h2-6,13H,7H2,1H3,(H2,12,14). The number of rotatable bonds is 2. The van der Waals surface area contributed by atoms with Crippen LogP contribution in [-0.4, -0.2) is 12.0 Å². The van der Waals surface area contributed by atoms with E-state index in [4.69, 9.17) is 5.73 Å². The van der Waals surface area contributed by atoms with Gasteiger partial charge >= 0.3 is 0 Å². The van der Waals surface area contributed by atoms with Crippen molar-refractivity contribution in [2.45, 2.75) is 6.54 Å². The molecule has 1 aromatic carbocycles. The Morgan fingerprint density at radius 2 is 2.07 bits per heavy atom. The summed E-state index contributed by atoms with van der Waals surface area (Å²) in [5, 5.41) is 4.23. The Labute approximate surface area is 83.0 Å². The van der Waals surface area contributed by atoms with Gasteiger partial charge in [-0.1, -0.05) is 12.1 Å². The number of nitrogens with one attached hydrogen (secondary N) is 1. The van der Waals surface area contributed by atoms with Gasteiger partial charge in [-0.15, -0.1) is 0 Å². The number of pyridine rings is 1. The summed E-state index contributed by atoms with van der Waals surface area (Å²) >= 11 is 0. The number of hydrogen-bond donors (Lipinski definition) is 2. The van der Waals surface area contributed by atoms with Crippen LogP contribution >= 0.6 is 0 Å². The zero-order chi connectivity index (χ0) is 9.97. The van der Waals surface area contributed by atoms with Crippen LogP contribution in [0.5, 0.6) is 0 Å². The number of anilines is 1. The molecule has 2 aromatic rings. The summed E-state index contributed by atoms with van der Waals surface area (Å²) in [7, 11) is 1.93. The van der Waals surface area contributed by atoms with Crippen molar-refractivity contribution in [2.24, 2.45) is 0 Å². The molecule has 1 aromatic heterocycles. The number of nitrogens with zero attached hydrogens (tertiary/aromatic N) is 1. The molecule has 14 heavy (non-hydrogen) atoms. The molecule has 0 unspecified atom stereocenters. The predicted molar refractivity (Wildman–Crippen MR) is 58.9 cm³/mol. The fourth-order valence-corrected chi connectivity index (χ4v) is 1.49. The highest BCUT2D eigenvalue weighted by molar-refractivity contribution is 5.80. The average Bonchev–Trinajstić information content (AvgIpc) is 2.17. The Kier molecular flexibility index (Phi) is 2.33. The van der Waals surface area contributed by atoms with E-state index in [1.54, 1.807) is 0 Å². The Hall–Kier alpha value is -1.61. The minimum Gasteiger partial charge on any atom is -0.384 e. The number of nitrogen functional groups attached to an aromatic ring is 1.